The standard InChI is InChI=1S/C11H9F2NO2/c1-7-6-14-10(15-7)8-3-2-4-9(5-8)16-11(12)13/h2-6,11H,1H3. The molecule has 0 atom stereocenters. The summed E-state index contributed by atoms with van der Waals surface area (Å²) in [5.41, 5.74) is 0.603. The molecule has 16 heavy (non-hydrogen) atoms. The van der Waals surface area contributed by atoms with Crippen molar-refractivity contribution in [2.24, 2.45) is 0 Å². The Bertz CT molecular complexity index is 482. The molecule has 0 aliphatic carbocycles. The highest BCUT2D eigenvalue weighted by molar-refractivity contribution is 5.55. The van der Waals surface area contributed by atoms with Crippen molar-refractivity contribution in [1.82, 2.24) is 4.98 Å². The molecule has 0 unspecified atom stereocenters. The van der Waals surface area contributed by atoms with Gasteiger partial charge in [-0.3, -0.25) is 0 Å². The molecule has 0 aliphatic heterocycles. The second-order valence-corrected chi connectivity index (χ2v) is 3.18. The van der Waals surface area contributed by atoms with Crippen molar-refractivity contribution in [3.8, 4) is 17.2 Å². The molecule has 2 aromatic rings. The summed E-state index contributed by atoms with van der Waals surface area (Å²) in [5, 5.41) is 0. The van der Waals surface area contributed by atoms with Crippen LogP contribution in [0.4, 0.5) is 8.78 Å². The highest BCUT2D eigenvalue weighted by Gasteiger charge is 2.08. The van der Waals surface area contributed by atoms with Crippen LogP contribution in [0, 0.1) is 6.92 Å². The number of alkyl halides is 2. The smallest absolute Gasteiger partial charge is 0.387 e. The van der Waals surface area contributed by atoms with Gasteiger partial charge in [-0.05, 0) is 25.1 Å². The van der Waals surface area contributed by atoms with Gasteiger partial charge in [0.15, 0.2) is 0 Å². The zero-order valence-electron chi connectivity index (χ0n) is 8.48. The fourth-order valence-electron chi connectivity index (χ4n) is 1.29. The molecule has 0 saturated carbocycles. The molecule has 0 bridgehead atoms. The molecule has 0 radical (unpaired) electrons. The third kappa shape index (κ3) is 2.36. The molecule has 0 saturated heterocycles. The van der Waals surface area contributed by atoms with E-state index in [9.17, 15) is 8.78 Å². The van der Waals surface area contributed by atoms with E-state index in [2.05, 4.69) is 9.72 Å². The molecule has 1 aromatic carbocycles. The lowest BCUT2D eigenvalue weighted by Gasteiger charge is -2.04. The predicted molar refractivity (Wildman–Crippen MR) is 53.3 cm³/mol. The van der Waals surface area contributed by atoms with E-state index in [4.69, 9.17) is 4.42 Å². The summed E-state index contributed by atoms with van der Waals surface area (Å²) in [7, 11) is 0. The minimum Gasteiger partial charge on any atom is -0.441 e. The van der Waals surface area contributed by atoms with Crippen molar-refractivity contribution < 1.29 is 17.9 Å². The molecule has 5 heteroatoms. The average Bonchev–Trinajstić information content (AvgIpc) is 2.64. The number of aromatic nitrogens is 1. The summed E-state index contributed by atoms with van der Waals surface area (Å²) in [6.07, 6.45) is 1.57. The molecule has 0 spiro atoms. The Kier molecular flexibility index (Phi) is 2.85. The number of rotatable bonds is 3. The molecule has 0 aliphatic rings. The zero-order chi connectivity index (χ0) is 11.5. The molecule has 1 aromatic heterocycles. The summed E-state index contributed by atoms with van der Waals surface area (Å²) in [5.74, 6) is 1.13. The van der Waals surface area contributed by atoms with Gasteiger partial charge < -0.3 is 9.15 Å². The Balaban J connectivity index is 2.28. The number of ether oxygens (including phenoxy) is 1. The van der Waals surface area contributed by atoms with Gasteiger partial charge in [0, 0.05) is 5.56 Å². The summed E-state index contributed by atoms with van der Waals surface area (Å²) < 4.78 is 33.6. The molecule has 2 rings (SSSR count). The van der Waals surface area contributed by atoms with Crippen molar-refractivity contribution in [2.45, 2.75) is 13.5 Å². The van der Waals surface area contributed by atoms with E-state index >= 15 is 0 Å². The topological polar surface area (TPSA) is 35.3 Å². The van der Waals surface area contributed by atoms with Crippen LogP contribution in [0.5, 0.6) is 5.75 Å². The van der Waals surface area contributed by atoms with Crippen LogP contribution >= 0.6 is 0 Å². The van der Waals surface area contributed by atoms with Gasteiger partial charge in [-0.25, -0.2) is 4.98 Å². The van der Waals surface area contributed by atoms with Crippen LogP contribution in [0.25, 0.3) is 11.5 Å². The Hall–Kier alpha value is -1.91. The van der Waals surface area contributed by atoms with Crippen LogP contribution < -0.4 is 4.74 Å². The third-order valence-electron chi connectivity index (χ3n) is 1.93. The first-order valence-electron chi connectivity index (χ1n) is 4.63. The summed E-state index contributed by atoms with van der Waals surface area (Å²) in [6, 6.07) is 6.22. The van der Waals surface area contributed by atoms with Crippen molar-refractivity contribution in [1.29, 1.82) is 0 Å². The molecule has 1 heterocycles. The highest BCUT2D eigenvalue weighted by Crippen LogP contribution is 2.24. The maximum Gasteiger partial charge on any atom is 0.387 e. The Morgan fingerprint density at radius 2 is 2.19 bits per heavy atom. The Morgan fingerprint density at radius 1 is 1.38 bits per heavy atom. The van der Waals surface area contributed by atoms with Gasteiger partial charge in [0.1, 0.15) is 11.5 Å². The van der Waals surface area contributed by atoms with Gasteiger partial charge in [-0.15, -0.1) is 0 Å². The lowest BCUT2D eigenvalue weighted by molar-refractivity contribution is -0.0498. The second kappa shape index (κ2) is 4.30. The molecule has 0 fully saturated rings. The van der Waals surface area contributed by atoms with E-state index in [0.29, 0.717) is 17.2 Å². The number of aryl methyl sites for hydroxylation is 1. The fraction of sp³-hybridized carbons (Fsp3) is 0.182. The Labute approximate surface area is 90.7 Å². The second-order valence-electron chi connectivity index (χ2n) is 3.18. The van der Waals surface area contributed by atoms with Crippen LogP contribution in [-0.2, 0) is 0 Å². The van der Waals surface area contributed by atoms with Crippen LogP contribution in [0.1, 0.15) is 5.76 Å². The predicted octanol–water partition coefficient (Wildman–Crippen LogP) is 3.25. The fourth-order valence-corrected chi connectivity index (χ4v) is 1.29. The van der Waals surface area contributed by atoms with Crippen LogP contribution in [0.15, 0.2) is 34.9 Å². The molecule has 0 amide bonds. The third-order valence-corrected chi connectivity index (χ3v) is 1.93. The van der Waals surface area contributed by atoms with Gasteiger partial charge in [0.2, 0.25) is 5.89 Å². The van der Waals surface area contributed by atoms with Crippen molar-refractivity contribution >= 4 is 0 Å². The number of hydrogen-bond donors (Lipinski definition) is 0. The summed E-state index contributed by atoms with van der Waals surface area (Å²) in [6.45, 7) is -1.07. The number of nitrogens with zero attached hydrogens (tertiary/aromatic N) is 1. The first-order valence-corrected chi connectivity index (χ1v) is 4.63. The van der Waals surface area contributed by atoms with Crippen LogP contribution in [-0.4, -0.2) is 11.6 Å². The first-order chi connectivity index (χ1) is 7.65. The van der Waals surface area contributed by atoms with Gasteiger partial charge >= 0.3 is 6.61 Å². The van der Waals surface area contributed by atoms with Gasteiger partial charge in [-0.1, -0.05) is 6.07 Å². The summed E-state index contributed by atoms with van der Waals surface area (Å²) >= 11 is 0. The van der Waals surface area contributed by atoms with E-state index in [1.807, 2.05) is 0 Å². The van der Waals surface area contributed by atoms with E-state index < -0.39 is 6.61 Å². The van der Waals surface area contributed by atoms with Crippen molar-refractivity contribution in [3.05, 3.63) is 36.2 Å². The Morgan fingerprint density at radius 3 is 2.81 bits per heavy atom. The largest absolute Gasteiger partial charge is 0.441 e. The van der Waals surface area contributed by atoms with E-state index in [0.717, 1.165) is 0 Å². The van der Waals surface area contributed by atoms with Crippen molar-refractivity contribution in [3.63, 3.8) is 0 Å². The quantitative estimate of drug-likeness (QED) is 0.804. The van der Waals surface area contributed by atoms with Crippen LogP contribution in [0.3, 0.4) is 0 Å². The zero-order valence-corrected chi connectivity index (χ0v) is 8.48. The molecule has 0 N–H and O–H groups in total. The molecular weight excluding hydrogens is 216 g/mol. The van der Waals surface area contributed by atoms with Crippen molar-refractivity contribution in [2.75, 3.05) is 0 Å². The number of oxazole rings is 1. The molecule has 3 nitrogen and oxygen atoms in total. The normalized spacial score (nSPS) is 10.8. The maximum atomic E-state index is 12.0. The lowest BCUT2D eigenvalue weighted by atomic mass is 10.2. The first kappa shape index (κ1) is 10.6. The van der Waals surface area contributed by atoms with Gasteiger partial charge in [0.25, 0.3) is 0 Å². The van der Waals surface area contributed by atoms with Crippen LogP contribution in [0.2, 0.25) is 0 Å². The number of halogens is 2. The SMILES string of the molecule is Cc1cnc(-c2cccc(OC(F)F)c2)o1. The highest BCUT2D eigenvalue weighted by atomic mass is 19.3. The molecule has 84 valence electrons. The minimum atomic E-state index is -2.83. The average molecular weight is 225 g/mol. The van der Waals surface area contributed by atoms with E-state index in [1.54, 1.807) is 25.3 Å². The van der Waals surface area contributed by atoms with Gasteiger partial charge in [-0.2, -0.15) is 8.78 Å². The number of benzene rings is 1. The maximum absolute atomic E-state index is 12.0. The molecular formula is C11H9F2NO2. The van der Waals surface area contributed by atoms with E-state index in [1.165, 1.54) is 12.1 Å². The van der Waals surface area contributed by atoms with Gasteiger partial charge in [0.05, 0.1) is 6.20 Å². The minimum absolute atomic E-state index is 0.0864. The monoisotopic (exact) mass is 225 g/mol. The van der Waals surface area contributed by atoms with E-state index in [-0.39, 0.29) is 5.75 Å². The number of hydrogen-bond acceptors (Lipinski definition) is 3. The summed E-state index contributed by atoms with van der Waals surface area (Å²) in [4.78, 5) is 4.00. The lowest BCUT2D eigenvalue weighted by Crippen LogP contribution is -2.01.